The fourth-order valence-corrected chi connectivity index (χ4v) is 2.33. The lowest BCUT2D eigenvalue weighted by atomic mass is 10.2. The highest BCUT2D eigenvalue weighted by atomic mass is 35.5. The first-order valence-corrected chi connectivity index (χ1v) is 6.93. The number of hydrogen-bond donors (Lipinski definition) is 1. The summed E-state index contributed by atoms with van der Waals surface area (Å²) in [7, 11) is 0. The average Bonchev–Trinajstić information content (AvgIpc) is 2.76. The van der Waals surface area contributed by atoms with Crippen molar-refractivity contribution in [1.82, 2.24) is 10.1 Å². The summed E-state index contributed by atoms with van der Waals surface area (Å²) in [5.41, 5.74) is 6.54. The molecule has 4 nitrogen and oxygen atoms in total. The molecule has 2 rings (SSSR count). The molecule has 0 amide bonds. The first-order valence-electron chi connectivity index (χ1n) is 5.56. The van der Waals surface area contributed by atoms with Crippen LogP contribution < -0.4 is 5.73 Å². The van der Waals surface area contributed by atoms with E-state index in [1.54, 1.807) is 17.8 Å². The quantitative estimate of drug-likeness (QED) is 0.684. The number of anilines is 1. The highest BCUT2D eigenvalue weighted by Crippen LogP contribution is 2.29. The van der Waals surface area contributed by atoms with Gasteiger partial charge in [0.1, 0.15) is 0 Å². The van der Waals surface area contributed by atoms with Crippen LogP contribution in [0.5, 0.6) is 0 Å². The minimum Gasteiger partial charge on any atom is -0.398 e. The minimum atomic E-state index is 0.247. The molecule has 2 N–H and O–H groups in total. The van der Waals surface area contributed by atoms with Crippen LogP contribution in [0.25, 0.3) is 0 Å². The van der Waals surface area contributed by atoms with Crippen LogP contribution in [0, 0.1) is 0 Å². The molecule has 1 aromatic carbocycles. The molecule has 1 aromatic heterocycles. The lowest BCUT2D eigenvalue weighted by molar-refractivity contribution is 0.362. The molecule has 0 spiro atoms. The number of rotatable bonds is 4. The standard InChI is InChI=1S/C12H14ClN3OS/c1-7(2)12-15-11(16-17-12)6-18-10-4-3-8(13)5-9(10)14/h3-5,7H,6,14H2,1-2H3. The van der Waals surface area contributed by atoms with E-state index in [-0.39, 0.29) is 5.92 Å². The molecular formula is C12H14ClN3OS. The molecule has 18 heavy (non-hydrogen) atoms. The van der Waals surface area contributed by atoms with Crippen LogP contribution in [0.2, 0.25) is 5.02 Å². The monoisotopic (exact) mass is 283 g/mol. The number of nitrogen functional groups attached to an aromatic ring is 1. The number of hydrogen-bond acceptors (Lipinski definition) is 5. The zero-order valence-electron chi connectivity index (χ0n) is 10.2. The molecule has 0 bridgehead atoms. The average molecular weight is 284 g/mol. The second kappa shape index (κ2) is 5.63. The third-order valence-corrected chi connectivity index (χ3v) is 3.63. The largest absolute Gasteiger partial charge is 0.398 e. The van der Waals surface area contributed by atoms with Crippen molar-refractivity contribution in [2.45, 2.75) is 30.4 Å². The van der Waals surface area contributed by atoms with E-state index in [0.29, 0.717) is 28.2 Å². The molecule has 0 atom stereocenters. The van der Waals surface area contributed by atoms with Gasteiger partial charge in [-0.05, 0) is 18.2 Å². The van der Waals surface area contributed by atoms with E-state index in [0.717, 1.165) is 4.90 Å². The Morgan fingerprint density at radius 2 is 2.22 bits per heavy atom. The lowest BCUT2D eigenvalue weighted by Crippen LogP contribution is -1.91. The fraction of sp³-hybridized carbons (Fsp3) is 0.333. The summed E-state index contributed by atoms with van der Waals surface area (Å²) in [6.45, 7) is 4.03. The normalized spacial score (nSPS) is 11.1. The molecule has 2 aromatic rings. The number of halogens is 1. The Bertz CT molecular complexity index is 542. The van der Waals surface area contributed by atoms with Gasteiger partial charge in [0.05, 0.1) is 5.75 Å². The van der Waals surface area contributed by atoms with Crippen LogP contribution in [0.15, 0.2) is 27.6 Å². The van der Waals surface area contributed by atoms with Gasteiger partial charge in [0.2, 0.25) is 5.89 Å². The molecule has 0 fully saturated rings. The highest BCUT2D eigenvalue weighted by molar-refractivity contribution is 7.98. The van der Waals surface area contributed by atoms with Crippen molar-refractivity contribution < 1.29 is 4.52 Å². The van der Waals surface area contributed by atoms with E-state index in [1.165, 1.54) is 0 Å². The van der Waals surface area contributed by atoms with Crippen molar-refractivity contribution in [3.8, 4) is 0 Å². The summed E-state index contributed by atoms with van der Waals surface area (Å²) in [4.78, 5) is 5.27. The molecule has 96 valence electrons. The maximum absolute atomic E-state index is 5.87. The Balaban J connectivity index is 2.02. The smallest absolute Gasteiger partial charge is 0.229 e. The third-order valence-electron chi connectivity index (χ3n) is 2.31. The van der Waals surface area contributed by atoms with Gasteiger partial charge in [-0.25, -0.2) is 0 Å². The summed E-state index contributed by atoms with van der Waals surface area (Å²) >= 11 is 7.41. The highest BCUT2D eigenvalue weighted by Gasteiger charge is 2.10. The van der Waals surface area contributed by atoms with Gasteiger partial charge in [0.25, 0.3) is 0 Å². The maximum Gasteiger partial charge on any atom is 0.229 e. The van der Waals surface area contributed by atoms with Crippen LogP contribution in [0.3, 0.4) is 0 Å². The number of nitrogens with zero attached hydrogens (tertiary/aromatic N) is 2. The van der Waals surface area contributed by atoms with Gasteiger partial charge in [-0.3, -0.25) is 0 Å². The second-order valence-electron chi connectivity index (χ2n) is 4.17. The van der Waals surface area contributed by atoms with Crippen molar-refractivity contribution in [2.24, 2.45) is 0 Å². The molecule has 0 unspecified atom stereocenters. The Kier molecular flexibility index (Phi) is 4.14. The summed E-state index contributed by atoms with van der Waals surface area (Å²) in [5.74, 6) is 2.21. The fourth-order valence-electron chi connectivity index (χ4n) is 1.35. The van der Waals surface area contributed by atoms with Crippen molar-refractivity contribution in [1.29, 1.82) is 0 Å². The Labute approximate surface area is 115 Å². The summed E-state index contributed by atoms with van der Waals surface area (Å²) < 4.78 is 5.14. The van der Waals surface area contributed by atoms with Gasteiger partial charge in [-0.1, -0.05) is 30.6 Å². The Hall–Kier alpha value is -1.20. The Morgan fingerprint density at radius 1 is 1.44 bits per heavy atom. The first kappa shape index (κ1) is 13.2. The van der Waals surface area contributed by atoms with Crippen LogP contribution >= 0.6 is 23.4 Å². The number of aromatic nitrogens is 2. The predicted octanol–water partition coefficient (Wildman–Crippen LogP) is 3.72. The van der Waals surface area contributed by atoms with E-state index in [9.17, 15) is 0 Å². The van der Waals surface area contributed by atoms with Gasteiger partial charge < -0.3 is 10.3 Å². The Morgan fingerprint density at radius 3 is 2.83 bits per heavy atom. The van der Waals surface area contributed by atoms with Crippen LogP contribution in [-0.4, -0.2) is 10.1 Å². The number of nitrogens with two attached hydrogens (primary N) is 1. The number of thioether (sulfide) groups is 1. The lowest BCUT2D eigenvalue weighted by Gasteiger charge is -2.03. The van der Waals surface area contributed by atoms with E-state index in [1.807, 2.05) is 26.0 Å². The van der Waals surface area contributed by atoms with Crippen LogP contribution in [0.1, 0.15) is 31.5 Å². The molecule has 0 aliphatic rings. The van der Waals surface area contributed by atoms with Gasteiger partial charge in [-0.2, -0.15) is 4.98 Å². The van der Waals surface area contributed by atoms with E-state index in [2.05, 4.69) is 10.1 Å². The van der Waals surface area contributed by atoms with Crippen LogP contribution in [-0.2, 0) is 5.75 Å². The molecule has 0 saturated heterocycles. The maximum atomic E-state index is 5.87. The molecule has 0 aliphatic carbocycles. The molecule has 0 radical (unpaired) electrons. The third kappa shape index (κ3) is 3.17. The first-order chi connectivity index (χ1) is 8.56. The van der Waals surface area contributed by atoms with Crippen molar-refractivity contribution in [3.63, 3.8) is 0 Å². The molecule has 6 heteroatoms. The zero-order chi connectivity index (χ0) is 13.1. The number of benzene rings is 1. The summed E-state index contributed by atoms with van der Waals surface area (Å²) in [6.07, 6.45) is 0. The topological polar surface area (TPSA) is 64.9 Å². The van der Waals surface area contributed by atoms with Crippen molar-refractivity contribution in [3.05, 3.63) is 34.9 Å². The zero-order valence-corrected chi connectivity index (χ0v) is 11.8. The summed E-state index contributed by atoms with van der Waals surface area (Å²) in [6, 6.07) is 5.45. The second-order valence-corrected chi connectivity index (χ2v) is 5.63. The van der Waals surface area contributed by atoms with Crippen molar-refractivity contribution in [2.75, 3.05) is 5.73 Å². The predicted molar refractivity (Wildman–Crippen MR) is 73.8 cm³/mol. The van der Waals surface area contributed by atoms with Gasteiger partial charge in [-0.15, -0.1) is 11.8 Å². The SMILES string of the molecule is CC(C)c1nc(CSc2ccc(Cl)cc2N)no1. The molecular weight excluding hydrogens is 270 g/mol. The molecule has 1 heterocycles. The van der Waals surface area contributed by atoms with E-state index in [4.69, 9.17) is 21.9 Å². The molecule has 0 saturated carbocycles. The summed E-state index contributed by atoms with van der Waals surface area (Å²) in [5, 5.41) is 4.56. The minimum absolute atomic E-state index is 0.247. The van der Waals surface area contributed by atoms with E-state index < -0.39 is 0 Å². The van der Waals surface area contributed by atoms with Gasteiger partial charge in [0.15, 0.2) is 5.82 Å². The van der Waals surface area contributed by atoms with Crippen molar-refractivity contribution >= 4 is 29.1 Å². The molecule has 0 aliphatic heterocycles. The van der Waals surface area contributed by atoms with Crippen LogP contribution in [0.4, 0.5) is 5.69 Å². The van der Waals surface area contributed by atoms with E-state index >= 15 is 0 Å². The van der Waals surface area contributed by atoms with Gasteiger partial charge >= 0.3 is 0 Å². The van der Waals surface area contributed by atoms with Gasteiger partial charge in [0, 0.05) is 21.5 Å².